The van der Waals surface area contributed by atoms with E-state index in [1.807, 2.05) is 12.2 Å². The third-order valence-corrected chi connectivity index (χ3v) is 2.95. The highest BCUT2D eigenvalue weighted by atomic mass is 19.1. The number of hydrogen-bond donors (Lipinski definition) is 0. The molecular weight excluding hydrogens is 247 g/mol. The molecule has 0 aliphatic heterocycles. The number of allylic oxidation sites excluding steroid dienone is 1. The van der Waals surface area contributed by atoms with Crippen LogP contribution in [0.25, 0.3) is 0 Å². The zero-order chi connectivity index (χ0) is 13.7. The molecule has 0 saturated heterocycles. The van der Waals surface area contributed by atoms with Gasteiger partial charge in [0.1, 0.15) is 6.10 Å². The van der Waals surface area contributed by atoms with E-state index in [0.717, 1.165) is 19.3 Å². The number of halogens is 1. The van der Waals surface area contributed by atoms with E-state index in [-0.39, 0.29) is 11.9 Å². The molecule has 1 aromatic rings. The van der Waals surface area contributed by atoms with E-state index in [2.05, 4.69) is 0 Å². The van der Waals surface area contributed by atoms with Gasteiger partial charge >= 0.3 is 5.97 Å². The molecule has 0 amide bonds. The van der Waals surface area contributed by atoms with Gasteiger partial charge in [-0.1, -0.05) is 18.2 Å². The van der Waals surface area contributed by atoms with Crippen LogP contribution in [0.1, 0.15) is 26.2 Å². The number of carbonyl (C=O) groups excluding carboxylic acids is 1. The highest BCUT2D eigenvalue weighted by Gasteiger charge is 2.21. The molecule has 1 unspecified atom stereocenters. The van der Waals surface area contributed by atoms with E-state index in [1.54, 1.807) is 19.1 Å². The Labute approximate surface area is 112 Å². The molecule has 0 saturated carbocycles. The van der Waals surface area contributed by atoms with Gasteiger partial charge < -0.3 is 9.47 Å². The van der Waals surface area contributed by atoms with Gasteiger partial charge in [-0.05, 0) is 44.4 Å². The van der Waals surface area contributed by atoms with Gasteiger partial charge in [0.25, 0.3) is 0 Å². The van der Waals surface area contributed by atoms with Crippen LogP contribution in [-0.4, -0.2) is 18.2 Å². The predicted octanol–water partition coefficient (Wildman–Crippen LogP) is 3.24. The van der Waals surface area contributed by atoms with E-state index in [0.29, 0.717) is 0 Å². The average molecular weight is 264 g/mol. The van der Waals surface area contributed by atoms with E-state index in [9.17, 15) is 9.18 Å². The Morgan fingerprint density at radius 2 is 2.21 bits per heavy atom. The maximum Gasteiger partial charge on any atom is 0.347 e. The number of ether oxygens (including phenoxy) is 2. The Balaban J connectivity index is 1.90. The summed E-state index contributed by atoms with van der Waals surface area (Å²) in [4.78, 5) is 11.8. The van der Waals surface area contributed by atoms with Crippen molar-refractivity contribution in [1.29, 1.82) is 0 Å². The lowest BCUT2D eigenvalue weighted by Gasteiger charge is -2.20. The number of esters is 1. The van der Waals surface area contributed by atoms with Crippen molar-refractivity contribution >= 4 is 5.97 Å². The first-order chi connectivity index (χ1) is 9.16. The summed E-state index contributed by atoms with van der Waals surface area (Å²) in [7, 11) is 0. The van der Waals surface area contributed by atoms with Crippen molar-refractivity contribution in [2.75, 3.05) is 0 Å². The van der Waals surface area contributed by atoms with Gasteiger partial charge in [0.05, 0.1) is 0 Å². The van der Waals surface area contributed by atoms with Crippen molar-refractivity contribution in [3.63, 3.8) is 0 Å². The molecule has 0 fully saturated rings. The largest absolute Gasteiger partial charge is 0.476 e. The molecule has 1 aliphatic carbocycles. The first-order valence-corrected chi connectivity index (χ1v) is 6.45. The highest BCUT2D eigenvalue weighted by molar-refractivity contribution is 5.75. The van der Waals surface area contributed by atoms with Crippen LogP contribution in [0.2, 0.25) is 0 Å². The van der Waals surface area contributed by atoms with E-state index >= 15 is 0 Å². The lowest BCUT2D eigenvalue weighted by atomic mass is 10.1. The maximum absolute atomic E-state index is 13.4. The van der Waals surface area contributed by atoms with E-state index in [1.165, 1.54) is 12.1 Å². The summed E-state index contributed by atoms with van der Waals surface area (Å²) < 4.78 is 24.0. The summed E-state index contributed by atoms with van der Waals surface area (Å²) in [6.45, 7) is 1.56. The van der Waals surface area contributed by atoms with Crippen LogP contribution >= 0.6 is 0 Å². The molecule has 2 rings (SSSR count). The topological polar surface area (TPSA) is 35.5 Å². The van der Waals surface area contributed by atoms with Crippen molar-refractivity contribution in [2.24, 2.45) is 0 Å². The molecule has 1 aromatic carbocycles. The third-order valence-electron chi connectivity index (χ3n) is 2.95. The second kappa shape index (κ2) is 6.36. The van der Waals surface area contributed by atoms with Crippen molar-refractivity contribution in [3.8, 4) is 5.75 Å². The summed E-state index contributed by atoms with van der Waals surface area (Å²) in [6, 6.07) is 6.00. The number of para-hydroxylation sites is 1. The van der Waals surface area contributed by atoms with Crippen molar-refractivity contribution in [1.82, 2.24) is 0 Å². The molecule has 2 atom stereocenters. The Bertz CT molecular complexity index is 470. The predicted molar refractivity (Wildman–Crippen MR) is 69.4 cm³/mol. The van der Waals surface area contributed by atoms with Crippen molar-refractivity contribution in [3.05, 3.63) is 42.2 Å². The molecule has 0 radical (unpaired) electrons. The highest BCUT2D eigenvalue weighted by Crippen LogP contribution is 2.19. The summed E-state index contributed by atoms with van der Waals surface area (Å²) in [5.41, 5.74) is 0. The van der Waals surface area contributed by atoms with Gasteiger partial charge in [0, 0.05) is 0 Å². The molecule has 19 heavy (non-hydrogen) atoms. The number of hydrogen-bond acceptors (Lipinski definition) is 3. The van der Waals surface area contributed by atoms with Gasteiger partial charge in [-0.2, -0.15) is 0 Å². The van der Waals surface area contributed by atoms with Crippen LogP contribution in [0.4, 0.5) is 4.39 Å². The Morgan fingerprint density at radius 3 is 2.89 bits per heavy atom. The summed E-state index contributed by atoms with van der Waals surface area (Å²) in [5.74, 6) is -0.898. The van der Waals surface area contributed by atoms with Crippen LogP contribution in [0.3, 0.4) is 0 Å². The van der Waals surface area contributed by atoms with Gasteiger partial charge in [-0.25, -0.2) is 9.18 Å². The van der Waals surface area contributed by atoms with Gasteiger partial charge in [0.2, 0.25) is 0 Å². The summed E-state index contributed by atoms with van der Waals surface area (Å²) >= 11 is 0. The minimum Gasteiger partial charge on any atom is -0.476 e. The smallest absolute Gasteiger partial charge is 0.347 e. The van der Waals surface area contributed by atoms with Crippen LogP contribution in [0.15, 0.2) is 36.4 Å². The number of rotatable bonds is 4. The molecule has 0 spiro atoms. The van der Waals surface area contributed by atoms with Crippen LogP contribution in [0.5, 0.6) is 5.75 Å². The first kappa shape index (κ1) is 13.6. The Morgan fingerprint density at radius 1 is 1.42 bits per heavy atom. The number of carbonyl (C=O) groups is 1. The lowest BCUT2D eigenvalue weighted by Crippen LogP contribution is -2.30. The van der Waals surface area contributed by atoms with Crippen LogP contribution < -0.4 is 4.74 Å². The first-order valence-electron chi connectivity index (χ1n) is 6.45. The minimum atomic E-state index is -0.827. The second-order valence-corrected chi connectivity index (χ2v) is 4.52. The fraction of sp³-hybridized carbons (Fsp3) is 0.400. The Hall–Kier alpha value is -1.84. The summed E-state index contributed by atoms with van der Waals surface area (Å²) in [5, 5.41) is 0. The second-order valence-electron chi connectivity index (χ2n) is 4.52. The minimum absolute atomic E-state index is 0.0612. The molecule has 3 nitrogen and oxygen atoms in total. The van der Waals surface area contributed by atoms with E-state index < -0.39 is 17.9 Å². The fourth-order valence-electron chi connectivity index (χ4n) is 1.90. The molecule has 0 N–H and O–H groups in total. The van der Waals surface area contributed by atoms with Gasteiger partial charge in [-0.3, -0.25) is 0 Å². The maximum atomic E-state index is 13.4. The Kier molecular flexibility index (Phi) is 4.55. The van der Waals surface area contributed by atoms with Gasteiger partial charge in [-0.15, -0.1) is 0 Å². The van der Waals surface area contributed by atoms with Crippen molar-refractivity contribution in [2.45, 2.75) is 38.4 Å². The lowest BCUT2D eigenvalue weighted by molar-refractivity contribution is -0.154. The quantitative estimate of drug-likeness (QED) is 0.618. The average Bonchev–Trinajstić information content (AvgIpc) is 2.42. The molecule has 0 aromatic heterocycles. The standard InChI is InChI=1S/C15H17FO3/c1-11(18-14-10-6-5-9-13(14)16)15(17)19-12-7-3-2-4-8-12/h3,5-7,9-12H,2,4,8H2,1H3/t11-,12?/m1/s1. The molecule has 0 heterocycles. The monoisotopic (exact) mass is 264 g/mol. The molecular formula is C15H17FO3. The van der Waals surface area contributed by atoms with Gasteiger partial charge in [0.15, 0.2) is 17.7 Å². The molecule has 0 bridgehead atoms. The zero-order valence-electron chi connectivity index (χ0n) is 10.8. The van der Waals surface area contributed by atoms with Crippen LogP contribution in [-0.2, 0) is 9.53 Å². The summed E-state index contributed by atoms with van der Waals surface area (Å²) in [6.07, 6.45) is 5.74. The molecule has 4 heteroatoms. The van der Waals surface area contributed by atoms with Crippen LogP contribution in [0, 0.1) is 5.82 Å². The number of benzene rings is 1. The SMILES string of the molecule is C[C@@H](Oc1ccccc1F)C(=O)OC1C=CCCC1. The normalized spacial score (nSPS) is 19.8. The third kappa shape index (κ3) is 3.81. The zero-order valence-corrected chi connectivity index (χ0v) is 10.8. The van der Waals surface area contributed by atoms with E-state index in [4.69, 9.17) is 9.47 Å². The fourth-order valence-corrected chi connectivity index (χ4v) is 1.90. The molecule has 1 aliphatic rings. The van der Waals surface area contributed by atoms with Crippen molar-refractivity contribution < 1.29 is 18.7 Å². The molecule has 102 valence electrons.